The van der Waals surface area contributed by atoms with Crippen molar-refractivity contribution in [2.75, 3.05) is 5.32 Å². The third kappa shape index (κ3) is 7.34. The third-order valence-corrected chi connectivity index (χ3v) is 6.22. The summed E-state index contributed by atoms with van der Waals surface area (Å²) in [4.78, 5) is 12.0. The van der Waals surface area contributed by atoms with Crippen LogP contribution >= 0.6 is 0 Å². The molecule has 0 fully saturated rings. The lowest BCUT2D eigenvalue weighted by atomic mass is 9.68. The van der Waals surface area contributed by atoms with Gasteiger partial charge in [0, 0.05) is 19.6 Å². The summed E-state index contributed by atoms with van der Waals surface area (Å²) in [5, 5.41) is 2.11. The van der Waals surface area contributed by atoms with Crippen molar-refractivity contribution in [1.82, 2.24) is 0 Å². The number of benzene rings is 1. The number of hydrogen-bond acceptors (Lipinski definition) is 1. The van der Waals surface area contributed by atoms with Crippen molar-refractivity contribution in [2.24, 2.45) is 11.3 Å². The van der Waals surface area contributed by atoms with E-state index in [1.807, 2.05) is 19.1 Å². The molecule has 0 aliphatic heterocycles. The van der Waals surface area contributed by atoms with Crippen molar-refractivity contribution in [3.63, 3.8) is 0 Å². The van der Waals surface area contributed by atoms with Gasteiger partial charge >= 0.3 is 0 Å². The Morgan fingerprint density at radius 1 is 1.15 bits per heavy atom. The van der Waals surface area contributed by atoms with Gasteiger partial charge in [0.05, 0.1) is 0 Å². The Morgan fingerprint density at radius 2 is 1.79 bits per heavy atom. The largest absolute Gasteiger partial charge is 0.318 e. The van der Waals surface area contributed by atoms with Crippen LogP contribution in [0, 0.1) is 28.8 Å². The summed E-state index contributed by atoms with van der Waals surface area (Å²) in [5.41, 5.74) is 4.04. The highest BCUT2D eigenvalue weighted by molar-refractivity contribution is 6.00. The van der Waals surface area contributed by atoms with Crippen LogP contribution in [0.2, 0.25) is 0 Å². The van der Waals surface area contributed by atoms with E-state index in [0.29, 0.717) is 23.6 Å². The van der Waals surface area contributed by atoms with E-state index < -0.39 is 29.0 Å². The topological polar surface area (TPSA) is 29.1 Å². The van der Waals surface area contributed by atoms with Gasteiger partial charge in [0.2, 0.25) is 5.91 Å². The van der Waals surface area contributed by atoms with Crippen LogP contribution in [0.3, 0.4) is 0 Å². The molecule has 33 heavy (non-hydrogen) atoms. The van der Waals surface area contributed by atoms with Crippen LogP contribution in [-0.4, -0.2) is 5.91 Å². The summed E-state index contributed by atoms with van der Waals surface area (Å²) in [6.45, 7) is 12.8. The van der Waals surface area contributed by atoms with Gasteiger partial charge in [0.15, 0.2) is 11.6 Å². The van der Waals surface area contributed by atoms with E-state index in [4.69, 9.17) is 0 Å². The number of anilines is 1. The number of halogens is 3. The van der Waals surface area contributed by atoms with E-state index in [9.17, 15) is 18.0 Å². The van der Waals surface area contributed by atoms with Crippen molar-refractivity contribution in [1.29, 1.82) is 0 Å². The minimum Gasteiger partial charge on any atom is -0.318 e. The maximum Gasteiger partial charge on any atom is 0.248 e. The van der Waals surface area contributed by atoms with E-state index in [2.05, 4.69) is 45.2 Å². The molecule has 0 saturated heterocycles. The number of carbonyl (C=O) groups excluding carboxylic acids is 1. The molecule has 2 rings (SSSR count). The molecule has 0 aromatic heterocycles. The molecule has 180 valence electrons. The molecule has 0 saturated carbocycles. The molecule has 0 radical (unpaired) electrons. The fourth-order valence-electron chi connectivity index (χ4n) is 4.21. The average molecular weight is 460 g/mol. The fraction of sp³-hybridized carbons (Fsp3) is 0.393. The average Bonchev–Trinajstić information content (AvgIpc) is 2.70. The molecule has 1 aliphatic rings. The first-order valence-electron chi connectivity index (χ1n) is 11.3. The van der Waals surface area contributed by atoms with Gasteiger partial charge in [-0.1, -0.05) is 62.3 Å². The Labute approximate surface area is 197 Å². The second-order valence-electron chi connectivity index (χ2n) is 9.35. The van der Waals surface area contributed by atoms with Crippen LogP contribution in [0.5, 0.6) is 0 Å². The first kappa shape index (κ1) is 26.4. The van der Waals surface area contributed by atoms with Gasteiger partial charge in [-0.05, 0) is 62.5 Å². The lowest BCUT2D eigenvalue weighted by Crippen LogP contribution is -2.24. The van der Waals surface area contributed by atoms with Crippen LogP contribution in [-0.2, 0) is 4.79 Å². The third-order valence-electron chi connectivity index (χ3n) is 6.22. The SMILES string of the molecule is CCC1CCC(C)(C)C(/C=C/C(C)=C/C=C/C(C)=C/C(=O)Nc2c(F)cc(F)cc2F)=C1C.[HH]. The lowest BCUT2D eigenvalue weighted by molar-refractivity contribution is -0.112. The maximum atomic E-state index is 13.7. The van der Waals surface area contributed by atoms with Crippen LogP contribution in [0.4, 0.5) is 18.9 Å². The summed E-state index contributed by atoms with van der Waals surface area (Å²) in [6.07, 6.45) is 14.6. The molecular weight excluding hydrogens is 423 g/mol. The zero-order chi connectivity index (χ0) is 24.8. The molecule has 1 aliphatic carbocycles. The molecule has 0 bridgehead atoms. The molecule has 5 heteroatoms. The van der Waals surface area contributed by atoms with E-state index in [1.54, 1.807) is 13.0 Å². The number of allylic oxidation sites excluding steroid dienone is 9. The van der Waals surface area contributed by atoms with E-state index in [-0.39, 0.29) is 6.84 Å². The zero-order valence-corrected chi connectivity index (χ0v) is 20.4. The monoisotopic (exact) mass is 459 g/mol. The second kappa shape index (κ2) is 11.4. The molecule has 1 unspecified atom stereocenters. The molecule has 0 heterocycles. The van der Waals surface area contributed by atoms with Crippen molar-refractivity contribution >= 4 is 11.6 Å². The number of hydrogen-bond donors (Lipinski definition) is 1. The minimum absolute atomic E-state index is 0. The predicted molar refractivity (Wildman–Crippen MR) is 132 cm³/mol. The number of carbonyl (C=O) groups is 1. The highest BCUT2D eigenvalue weighted by Crippen LogP contribution is 2.44. The Kier molecular flexibility index (Phi) is 9.09. The minimum atomic E-state index is -1.16. The summed E-state index contributed by atoms with van der Waals surface area (Å²) in [7, 11) is 0. The summed E-state index contributed by atoms with van der Waals surface area (Å²) in [5.74, 6) is -3.42. The number of amides is 1. The molecule has 1 N–H and O–H groups in total. The van der Waals surface area contributed by atoms with Crippen LogP contribution in [0.1, 0.15) is 62.2 Å². The summed E-state index contributed by atoms with van der Waals surface area (Å²) in [6, 6.07) is 1.04. The highest BCUT2D eigenvalue weighted by atomic mass is 19.1. The quantitative estimate of drug-likeness (QED) is 0.322. The van der Waals surface area contributed by atoms with Crippen molar-refractivity contribution in [2.45, 2.75) is 60.8 Å². The van der Waals surface area contributed by atoms with Crippen molar-refractivity contribution in [3.05, 3.63) is 88.3 Å². The Hall–Kier alpha value is -2.82. The van der Waals surface area contributed by atoms with Gasteiger partial charge < -0.3 is 5.32 Å². The van der Waals surface area contributed by atoms with Gasteiger partial charge in [0.1, 0.15) is 11.5 Å². The molecule has 1 aromatic rings. The van der Waals surface area contributed by atoms with Crippen LogP contribution < -0.4 is 5.32 Å². The standard InChI is InChI=1S/C28H34F3NO.H2/c1-7-21-13-14-28(5,6)23(20(21)4)12-11-18(2)9-8-10-19(3)15-26(33)32-27-24(30)16-22(29)17-25(27)31;/h8-12,15-17,21H,7,13-14H2,1-6H3,(H,32,33);1H/b10-8+,12-11+,18-9+,19-15+;. The molecule has 1 aromatic carbocycles. The zero-order valence-electron chi connectivity index (χ0n) is 20.4. The molecule has 1 amide bonds. The number of nitrogens with one attached hydrogen (secondary N) is 1. The number of rotatable bonds is 7. The smallest absolute Gasteiger partial charge is 0.248 e. The van der Waals surface area contributed by atoms with E-state index in [1.165, 1.54) is 30.1 Å². The Morgan fingerprint density at radius 3 is 2.39 bits per heavy atom. The highest BCUT2D eigenvalue weighted by Gasteiger charge is 2.30. The second-order valence-corrected chi connectivity index (χ2v) is 9.35. The van der Waals surface area contributed by atoms with Gasteiger partial charge in [-0.25, -0.2) is 13.2 Å². The van der Waals surface area contributed by atoms with Gasteiger partial charge in [-0.2, -0.15) is 0 Å². The van der Waals surface area contributed by atoms with Crippen molar-refractivity contribution in [3.8, 4) is 0 Å². The summed E-state index contributed by atoms with van der Waals surface area (Å²) >= 11 is 0. The van der Waals surface area contributed by atoms with Crippen LogP contribution in [0.15, 0.2) is 70.9 Å². The van der Waals surface area contributed by atoms with Gasteiger partial charge in [-0.3, -0.25) is 4.79 Å². The molecule has 0 spiro atoms. The van der Waals surface area contributed by atoms with E-state index >= 15 is 0 Å². The van der Waals surface area contributed by atoms with Gasteiger partial charge in [0.25, 0.3) is 0 Å². The van der Waals surface area contributed by atoms with Crippen LogP contribution in [0.25, 0.3) is 0 Å². The van der Waals surface area contributed by atoms with Crippen molar-refractivity contribution < 1.29 is 19.4 Å². The first-order chi connectivity index (χ1) is 15.4. The maximum absolute atomic E-state index is 13.7. The fourth-order valence-corrected chi connectivity index (χ4v) is 4.21. The molecular formula is C28H36F3NO. The normalized spacial score (nSPS) is 19.6. The predicted octanol–water partition coefficient (Wildman–Crippen LogP) is 8.46. The Bertz CT molecular complexity index is 1020. The van der Waals surface area contributed by atoms with E-state index in [0.717, 1.165) is 12.0 Å². The lowest BCUT2D eigenvalue weighted by Gasteiger charge is -2.37. The first-order valence-corrected chi connectivity index (χ1v) is 11.3. The Balaban J connectivity index is 0.00000578. The molecule has 1 atom stereocenters. The molecule has 2 nitrogen and oxygen atoms in total. The summed E-state index contributed by atoms with van der Waals surface area (Å²) < 4.78 is 40.3. The van der Waals surface area contributed by atoms with Gasteiger partial charge in [-0.15, -0.1) is 0 Å².